The predicted molar refractivity (Wildman–Crippen MR) is 68.2 cm³/mol. The van der Waals surface area contributed by atoms with Crippen LogP contribution in [-0.2, 0) is 0 Å². The van der Waals surface area contributed by atoms with Gasteiger partial charge in [0.05, 0.1) is 12.0 Å². The molecule has 1 aromatic heterocycles. The molecule has 0 unspecified atom stereocenters. The summed E-state index contributed by atoms with van der Waals surface area (Å²) in [6, 6.07) is 10.8. The highest BCUT2D eigenvalue weighted by Crippen LogP contribution is 2.07. The molecule has 0 fully saturated rings. The van der Waals surface area contributed by atoms with Crippen LogP contribution in [0.15, 0.2) is 46.2 Å². The average molecular weight is 230 g/mol. The van der Waals surface area contributed by atoms with Gasteiger partial charge in [-0.2, -0.15) is 0 Å². The number of para-hydroxylation sites is 1. The highest BCUT2D eigenvalue weighted by molar-refractivity contribution is 5.58. The molecule has 0 bridgehead atoms. The Bertz CT molecular complexity index is 566. The molecule has 0 atom stereocenters. The zero-order valence-corrected chi connectivity index (χ0v) is 9.79. The Morgan fingerprint density at radius 1 is 1.29 bits per heavy atom. The number of aliphatic imine (C=N–C) groups is 1. The molecule has 5 heteroatoms. The van der Waals surface area contributed by atoms with Crippen LogP contribution >= 0.6 is 0 Å². The lowest BCUT2D eigenvalue weighted by atomic mass is 10.3. The van der Waals surface area contributed by atoms with Gasteiger partial charge in [0.1, 0.15) is 0 Å². The lowest BCUT2D eigenvalue weighted by Gasteiger charge is -2.01. The summed E-state index contributed by atoms with van der Waals surface area (Å²) >= 11 is 0. The summed E-state index contributed by atoms with van der Waals surface area (Å²) in [5.41, 5.74) is 0.672. The number of rotatable bonds is 3. The van der Waals surface area contributed by atoms with Crippen LogP contribution in [0.1, 0.15) is 0 Å². The van der Waals surface area contributed by atoms with E-state index in [1.807, 2.05) is 44.4 Å². The average Bonchev–Trinajstić information content (AvgIpc) is 2.69. The molecule has 0 radical (unpaired) electrons. The molecule has 0 spiro atoms. The summed E-state index contributed by atoms with van der Waals surface area (Å²) in [5.74, 6) is 0.535. The van der Waals surface area contributed by atoms with E-state index in [9.17, 15) is 4.79 Å². The molecule has 0 aliphatic heterocycles. The van der Waals surface area contributed by atoms with Crippen LogP contribution in [0, 0.1) is 0 Å². The monoisotopic (exact) mass is 230 g/mol. The molecule has 0 saturated heterocycles. The fraction of sp³-hybridized carbons (Fsp3) is 0.167. The molecular formula is C12H14N4O. The Morgan fingerprint density at radius 3 is 2.65 bits per heavy atom. The number of aromatic amines is 1. The maximum Gasteiger partial charge on any atom is 0.273 e. The number of aromatic nitrogens is 2. The van der Waals surface area contributed by atoms with Crippen LogP contribution in [0.4, 0.5) is 5.82 Å². The van der Waals surface area contributed by atoms with E-state index in [0.717, 1.165) is 5.69 Å². The third kappa shape index (κ3) is 2.63. The van der Waals surface area contributed by atoms with Crippen molar-refractivity contribution in [2.75, 3.05) is 14.1 Å². The number of hydrogen-bond acceptors (Lipinski definition) is 2. The van der Waals surface area contributed by atoms with E-state index in [0.29, 0.717) is 5.82 Å². The first kappa shape index (κ1) is 11.2. The summed E-state index contributed by atoms with van der Waals surface area (Å²) in [7, 11) is 3.74. The van der Waals surface area contributed by atoms with Gasteiger partial charge in [-0.15, -0.1) is 0 Å². The zero-order chi connectivity index (χ0) is 12.3. The van der Waals surface area contributed by atoms with E-state index < -0.39 is 0 Å². The zero-order valence-electron chi connectivity index (χ0n) is 9.79. The highest BCUT2D eigenvalue weighted by atomic mass is 16.1. The SMILES string of the molecule is CN(C)/C=N/c1cc(=O)n(-c2ccccc2)[nH]1. The maximum absolute atomic E-state index is 11.7. The van der Waals surface area contributed by atoms with Crippen molar-refractivity contribution in [2.24, 2.45) is 4.99 Å². The molecule has 5 nitrogen and oxygen atoms in total. The number of nitrogens with one attached hydrogen (secondary N) is 1. The van der Waals surface area contributed by atoms with Crippen LogP contribution in [0.2, 0.25) is 0 Å². The van der Waals surface area contributed by atoms with Crippen LogP contribution in [0.5, 0.6) is 0 Å². The Hall–Kier alpha value is -2.30. The molecule has 2 rings (SSSR count). The number of benzene rings is 1. The van der Waals surface area contributed by atoms with E-state index in [-0.39, 0.29) is 5.56 Å². The Kier molecular flexibility index (Phi) is 3.09. The van der Waals surface area contributed by atoms with Gasteiger partial charge in [0, 0.05) is 20.2 Å². The van der Waals surface area contributed by atoms with Gasteiger partial charge >= 0.3 is 0 Å². The quantitative estimate of drug-likeness (QED) is 0.640. The van der Waals surface area contributed by atoms with E-state index >= 15 is 0 Å². The first-order valence-corrected chi connectivity index (χ1v) is 5.25. The van der Waals surface area contributed by atoms with Crippen molar-refractivity contribution in [1.29, 1.82) is 0 Å². The molecule has 1 N–H and O–H groups in total. The van der Waals surface area contributed by atoms with E-state index in [1.54, 1.807) is 11.2 Å². The lowest BCUT2D eigenvalue weighted by Crippen LogP contribution is -2.12. The number of H-pyrrole nitrogens is 1. The van der Waals surface area contributed by atoms with Gasteiger partial charge < -0.3 is 4.90 Å². The molecular weight excluding hydrogens is 216 g/mol. The molecule has 0 aliphatic carbocycles. The van der Waals surface area contributed by atoms with Gasteiger partial charge in [0.2, 0.25) is 0 Å². The summed E-state index contributed by atoms with van der Waals surface area (Å²) in [4.78, 5) is 17.7. The predicted octanol–water partition coefficient (Wildman–Crippen LogP) is 1.39. The minimum Gasteiger partial charge on any atom is -0.369 e. The van der Waals surface area contributed by atoms with E-state index in [1.165, 1.54) is 10.7 Å². The molecule has 1 aromatic carbocycles. The minimum atomic E-state index is -0.123. The molecule has 17 heavy (non-hydrogen) atoms. The molecule has 1 heterocycles. The van der Waals surface area contributed by atoms with Crippen molar-refractivity contribution in [3.8, 4) is 5.69 Å². The third-order valence-electron chi connectivity index (χ3n) is 2.15. The standard InChI is InChI=1S/C12H14N4O/c1-15(2)9-13-11-8-12(17)16(14-11)10-6-4-3-5-7-10/h3-9,14H,1-2H3/b13-9+. The van der Waals surface area contributed by atoms with Gasteiger partial charge in [-0.3, -0.25) is 9.89 Å². The van der Waals surface area contributed by atoms with Crippen LogP contribution < -0.4 is 5.56 Å². The number of nitrogens with zero attached hydrogens (tertiary/aromatic N) is 3. The third-order valence-corrected chi connectivity index (χ3v) is 2.15. The van der Waals surface area contributed by atoms with Crippen molar-refractivity contribution in [1.82, 2.24) is 14.7 Å². The first-order chi connectivity index (χ1) is 8.16. The smallest absolute Gasteiger partial charge is 0.273 e. The summed E-state index contributed by atoms with van der Waals surface area (Å²) in [5, 5.41) is 2.93. The van der Waals surface area contributed by atoms with E-state index in [4.69, 9.17) is 0 Å². The van der Waals surface area contributed by atoms with Gasteiger partial charge in [0.15, 0.2) is 5.82 Å². The second-order valence-electron chi connectivity index (χ2n) is 3.86. The topological polar surface area (TPSA) is 53.4 Å². The van der Waals surface area contributed by atoms with E-state index in [2.05, 4.69) is 10.1 Å². The maximum atomic E-state index is 11.7. The Balaban J connectivity index is 2.35. The van der Waals surface area contributed by atoms with Gasteiger partial charge in [-0.05, 0) is 12.1 Å². The summed E-state index contributed by atoms with van der Waals surface area (Å²) < 4.78 is 1.46. The Morgan fingerprint density at radius 2 is 2.00 bits per heavy atom. The molecule has 88 valence electrons. The minimum absolute atomic E-state index is 0.123. The van der Waals surface area contributed by atoms with Crippen molar-refractivity contribution < 1.29 is 0 Å². The normalized spacial score (nSPS) is 10.9. The largest absolute Gasteiger partial charge is 0.369 e. The van der Waals surface area contributed by atoms with Gasteiger partial charge in [0.25, 0.3) is 5.56 Å². The van der Waals surface area contributed by atoms with Crippen molar-refractivity contribution >= 4 is 12.2 Å². The molecule has 0 amide bonds. The van der Waals surface area contributed by atoms with Crippen LogP contribution in [0.3, 0.4) is 0 Å². The summed E-state index contributed by atoms with van der Waals surface area (Å²) in [6.45, 7) is 0. The highest BCUT2D eigenvalue weighted by Gasteiger charge is 2.02. The molecule has 0 saturated carbocycles. The first-order valence-electron chi connectivity index (χ1n) is 5.25. The Labute approximate surface area is 99.0 Å². The van der Waals surface area contributed by atoms with Crippen LogP contribution in [-0.4, -0.2) is 35.1 Å². The lowest BCUT2D eigenvalue weighted by molar-refractivity contribution is 0.642. The second kappa shape index (κ2) is 4.69. The van der Waals surface area contributed by atoms with Gasteiger partial charge in [-0.25, -0.2) is 9.67 Å². The fourth-order valence-electron chi connectivity index (χ4n) is 1.40. The molecule has 2 aromatic rings. The van der Waals surface area contributed by atoms with Gasteiger partial charge in [-0.1, -0.05) is 18.2 Å². The summed E-state index contributed by atoms with van der Waals surface area (Å²) in [6.07, 6.45) is 1.64. The molecule has 0 aliphatic rings. The van der Waals surface area contributed by atoms with Crippen LogP contribution in [0.25, 0.3) is 5.69 Å². The second-order valence-corrected chi connectivity index (χ2v) is 3.86. The number of hydrogen-bond donors (Lipinski definition) is 1. The van der Waals surface area contributed by atoms with Crippen molar-refractivity contribution in [3.05, 3.63) is 46.8 Å². The fourth-order valence-corrected chi connectivity index (χ4v) is 1.40. The van der Waals surface area contributed by atoms with Crippen molar-refractivity contribution in [2.45, 2.75) is 0 Å². The van der Waals surface area contributed by atoms with Crippen molar-refractivity contribution in [3.63, 3.8) is 0 Å².